The first-order valence-corrected chi connectivity index (χ1v) is 2.83. The van der Waals surface area contributed by atoms with Crippen LogP contribution in [0.25, 0.3) is 0 Å². The van der Waals surface area contributed by atoms with Gasteiger partial charge in [-0.3, -0.25) is 0 Å². The third kappa shape index (κ3) is 3.79. The second-order valence-corrected chi connectivity index (χ2v) is 1.80. The molecule has 0 saturated heterocycles. The Morgan fingerprint density at radius 1 is 1.50 bits per heavy atom. The Labute approximate surface area is 66.4 Å². The van der Waals surface area contributed by atoms with Gasteiger partial charge in [-0.2, -0.15) is 18.3 Å². The summed E-state index contributed by atoms with van der Waals surface area (Å²) < 4.78 is 39.0. The Kier molecular flexibility index (Phi) is 3.52. The quantitative estimate of drug-likeness (QED) is 0.493. The van der Waals surface area contributed by atoms with Crippen molar-refractivity contribution in [2.75, 3.05) is 7.11 Å². The highest BCUT2D eigenvalue weighted by Gasteiger charge is 2.32. The van der Waals surface area contributed by atoms with Gasteiger partial charge < -0.3 is 4.74 Å². The molecule has 70 valence electrons. The van der Waals surface area contributed by atoms with Gasteiger partial charge in [-0.1, -0.05) is 0 Å². The highest BCUT2D eigenvalue weighted by molar-refractivity contribution is 5.88. The van der Waals surface area contributed by atoms with Gasteiger partial charge in [0.05, 0.1) is 7.11 Å². The first kappa shape index (κ1) is 10.7. The van der Waals surface area contributed by atoms with Crippen molar-refractivity contribution >= 4 is 11.8 Å². The molecule has 0 atom stereocenters. The minimum atomic E-state index is -4.53. The van der Waals surface area contributed by atoms with Crippen LogP contribution < -0.4 is 5.43 Å². The molecule has 0 aliphatic rings. The Balaban J connectivity index is 4.11. The van der Waals surface area contributed by atoms with Crippen molar-refractivity contribution < 1.29 is 22.7 Å². The van der Waals surface area contributed by atoms with Crippen molar-refractivity contribution in [3.63, 3.8) is 0 Å². The summed E-state index contributed by atoms with van der Waals surface area (Å²) in [4.78, 5) is 10.2. The largest absolute Gasteiger partial charge is 0.452 e. The molecule has 7 heteroatoms. The molecule has 1 N–H and O–H groups in total. The van der Waals surface area contributed by atoms with Crippen molar-refractivity contribution in [1.82, 2.24) is 5.43 Å². The van der Waals surface area contributed by atoms with Crippen molar-refractivity contribution in [3.8, 4) is 0 Å². The lowest BCUT2D eigenvalue weighted by molar-refractivity contribution is -0.0595. The Bertz CT molecular complexity index is 199. The lowest BCUT2D eigenvalue weighted by atomic mass is 10.4. The number of alkyl halides is 3. The van der Waals surface area contributed by atoms with E-state index in [4.69, 9.17) is 0 Å². The number of ether oxygens (including phenoxy) is 1. The molecule has 0 bridgehead atoms. The number of hydrazone groups is 1. The highest BCUT2D eigenvalue weighted by atomic mass is 19.4. The predicted octanol–water partition coefficient (Wildman–Crippen LogP) is 1.28. The molecule has 0 rings (SSSR count). The van der Waals surface area contributed by atoms with E-state index in [-0.39, 0.29) is 0 Å². The molecule has 0 spiro atoms. The minimum Gasteiger partial charge on any atom is -0.452 e. The molecule has 0 fully saturated rings. The van der Waals surface area contributed by atoms with Gasteiger partial charge in [0.1, 0.15) is 5.71 Å². The van der Waals surface area contributed by atoms with Crippen LogP contribution in [0.2, 0.25) is 0 Å². The fourth-order valence-electron chi connectivity index (χ4n) is 0.239. The van der Waals surface area contributed by atoms with Gasteiger partial charge in [0.15, 0.2) is 0 Å². The van der Waals surface area contributed by atoms with Crippen LogP contribution in [-0.4, -0.2) is 25.1 Å². The maximum atomic E-state index is 11.7. The molecular weight excluding hydrogens is 177 g/mol. The van der Waals surface area contributed by atoms with E-state index in [1.165, 1.54) is 0 Å². The van der Waals surface area contributed by atoms with E-state index in [0.29, 0.717) is 0 Å². The summed E-state index contributed by atoms with van der Waals surface area (Å²) >= 11 is 0. The molecule has 0 saturated carbocycles. The van der Waals surface area contributed by atoms with Crippen LogP contribution in [0, 0.1) is 0 Å². The summed E-state index contributed by atoms with van der Waals surface area (Å²) in [6.45, 7) is 0.732. The molecule has 0 heterocycles. The van der Waals surface area contributed by atoms with E-state index in [9.17, 15) is 18.0 Å². The number of nitrogens with one attached hydrogen (secondary N) is 1. The lowest BCUT2D eigenvalue weighted by Gasteiger charge is -2.04. The average molecular weight is 184 g/mol. The molecule has 0 aromatic carbocycles. The Morgan fingerprint density at radius 3 is 2.33 bits per heavy atom. The zero-order chi connectivity index (χ0) is 9.78. The monoisotopic (exact) mass is 184 g/mol. The zero-order valence-corrected chi connectivity index (χ0v) is 6.40. The van der Waals surface area contributed by atoms with E-state index >= 15 is 0 Å². The summed E-state index contributed by atoms with van der Waals surface area (Å²) in [5.74, 6) is 0. The minimum absolute atomic E-state index is 0.732. The van der Waals surface area contributed by atoms with Crippen LogP contribution in [-0.2, 0) is 4.74 Å². The standard InChI is InChI=1S/C5H7F3N2O2/c1-3(5(6,7)8)9-10-4(11)12-2/h1-2H3,(H,10,11)/b9-3+. The number of rotatable bonds is 1. The molecular formula is C5H7F3N2O2. The number of halogens is 3. The topological polar surface area (TPSA) is 50.7 Å². The van der Waals surface area contributed by atoms with Crippen LogP contribution >= 0.6 is 0 Å². The molecule has 0 unspecified atom stereocenters. The molecule has 4 nitrogen and oxygen atoms in total. The van der Waals surface area contributed by atoms with Gasteiger partial charge in [0.2, 0.25) is 0 Å². The summed E-state index contributed by atoms with van der Waals surface area (Å²) in [5, 5.41) is 2.73. The average Bonchev–Trinajstić information content (AvgIpc) is 1.97. The SMILES string of the molecule is COC(=O)N/N=C(\C)C(F)(F)F. The summed E-state index contributed by atoms with van der Waals surface area (Å²) in [7, 11) is 1.02. The van der Waals surface area contributed by atoms with Crippen LogP contribution in [0.4, 0.5) is 18.0 Å². The maximum absolute atomic E-state index is 11.7. The summed E-state index contributed by atoms with van der Waals surface area (Å²) in [5.41, 5.74) is 0.400. The zero-order valence-electron chi connectivity index (χ0n) is 6.40. The van der Waals surface area contributed by atoms with Crippen molar-refractivity contribution in [1.29, 1.82) is 0 Å². The van der Waals surface area contributed by atoms with Gasteiger partial charge in [-0.05, 0) is 6.92 Å². The Hall–Kier alpha value is -1.27. The summed E-state index contributed by atoms with van der Waals surface area (Å²) in [6, 6.07) is 0. The molecule has 0 aromatic rings. The van der Waals surface area contributed by atoms with Gasteiger partial charge in [0, 0.05) is 0 Å². The van der Waals surface area contributed by atoms with Crippen LogP contribution in [0.15, 0.2) is 5.10 Å². The maximum Gasteiger partial charge on any atom is 0.430 e. The number of amides is 1. The number of hydrogen-bond acceptors (Lipinski definition) is 3. The van der Waals surface area contributed by atoms with E-state index < -0.39 is 18.0 Å². The highest BCUT2D eigenvalue weighted by Crippen LogP contribution is 2.16. The number of carbonyl (C=O) groups is 1. The van der Waals surface area contributed by atoms with E-state index in [2.05, 4.69) is 9.84 Å². The van der Waals surface area contributed by atoms with Gasteiger partial charge in [-0.15, -0.1) is 0 Å². The number of hydrogen-bond donors (Lipinski definition) is 1. The van der Waals surface area contributed by atoms with Crippen LogP contribution in [0.3, 0.4) is 0 Å². The van der Waals surface area contributed by atoms with E-state index in [0.717, 1.165) is 14.0 Å². The third-order valence-corrected chi connectivity index (χ3v) is 0.911. The lowest BCUT2D eigenvalue weighted by Crippen LogP contribution is -2.25. The van der Waals surface area contributed by atoms with Crippen molar-refractivity contribution in [2.24, 2.45) is 5.10 Å². The van der Waals surface area contributed by atoms with E-state index in [1.807, 2.05) is 0 Å². The van der Waals surface area contributed by atoms with Gasteiger partial charge in [0.25, 0.3) is 0 Å². The Morgan fingerprint density at radius 2 is 2.00 bits per heavy atom. The summed E-state index contributed by atoms with van der Waals surface area (Å²) in [6.07, 6.45) is -5.57. The molecule has 0 aromatic heterocycles. The first-order valence-electron chi connectivity index (χ1n) is 2.83. The van der Waals surface area contributed by atoms with Crippen LogP contribution in [0.1, 0.15) is 6.92 Å². The fraction of sp³-hybridized carbons (Fsp3) is 0.600. The number of nitrogens with zero attached hydrogens (tertiary/aromatic N) is 1. The van der Waals surface area contributed by atoms with Gasteiger partial charge >= 0.3 is 12.3 Å². The number of methoxy groups -OCH3 is 1. The second-order valence-electron chi connectivity index (χ2n) is 1.80. The molecule has 0 aliphatic heterocycles. The van der Waals surface area contributed by atoms with E-state index in [1.54, 1.807) is 5.43 Å². The number of carbonyl (C=O) groups excluding carboxylic acids is 1. The molecule has 12 heavy (non-hydrogen) atoms. The second kappa shape index (κ2) is 3.93. The van der Waals surface area contributed by atoms with Crippen molar-refractivity contribution in [3.05, 3.63) is 0 Å². The smallest absolute Gasteiger partial charge is 0.430 e. The molecule has 1 amide bonds. The first-order chi connectivity index (χ1) is 5.38. The molecule has 0 aliphatic carbocycles. The van der Waals surface area contributed by atoms with Gasteiger partial charge in [-0.25, -0.2) is 10.2 Å². The van der Waals surface area contributed by atoms with Crippen LogP contribution in [0.5, 0.6) is 0 Å². The third-order valence-electron chi connectivity index (χ3n) is 0.911. The normalized spacial score (nSPS) is 12.6. The predicted molar refractivity (Wildman–Crippen MR) is 34.7 cm³/mol. The van der Waals surface area contributed by atoms with Crippen molar-refractivity contribution in [2.45, 2.75) is 13.1 Å². The fourth-order valence-corrected chi connectivity index (χ4v) is 0.239. The molecule has 0 radical (unpaired) electrons.